The molecule has 3 amide bonds. The summed E-state index contributed by atoms with van der Waals surface area (Å²) in [4.78, 5) is 36.7. The van der Waals surface area contributed by atoms with Crippen molar-refractivity contribution < 1.29 is 33.7 Å². The number of carbonyl (C=O) groups excluding carboxylic acids is 3. The minimum absolute atomic E-state index is 0.0421. The molecule has 1 aliphatic heterocycles. The second-order valence-electron chi connectivity index (χ2n) is 7.49. The number of phenolic OH excluding ortho intramolecular Hbond substituents is 1. The summed E-state index contributed by atoms with van der Waals surface area (Å²) >= 11 is 5.88. The number of ether oxygens (including phenoxy) is 3. The molecular formula is C24H25ClN4O7. The third kappa shape index (κ3) is 6.45. The fraction of sp³-hybridized carbons (Fsp3) is 0.250. The highest BCUT2D eigenvalue weighted by Gasteiger charge is 2.32. The Labute approximate surface area is 212 Å². The van der Waals surface area contributed by atoms with Crippen LogP contribution in [0.5, 0.6) is 17.2 Å². The molecule has 1 heterocycles. The largest absolute Gasteiger partial charge is 0.507 e. The third-order valence-corrected chi connectivity index (χ3v) is 5.26. The molecule has 0 radical (unpaired) electrons. The number of esters is 1. The summed E-state index contributed by atoms with van der Waals surface area (Å²) in [5.74, 6) is -0.629. The number of urea groups is 1. The quantitative estimate of drug-likeness (QED) is 0.227. The maximum atomic E-state index is 12.5. The number of aromatic hydroxyl groups is 1. The van der Waals surface area contributed by atoms with Crippen molar-refractivity contribution in [2.24, 2.45) is 5.10 Å². The van der Waals surface area contributed by atoms with Crippen LogP contribution in [0.2, 0.25) is 5.02 Å². The van der Waals surface area contributed by atoms with Crippen LogP contribution in [-0.2, 0) is 14.3 Å². The number of methoxy groups -OCH3 is 1. The number of halogens is 1. The van der Waals surface area contributed by atoms with Crippen LogP contribution in [-0.4, -0.2) is 49.6 Å². The SMILES string of the molecule is CCOC(=O)C1=C(C)NC(=O)N[C@@H]1c1ccc(OCC(=O)N/N=C\c2cc(Cl)ccc2O)c(OC)c1. The number of hydrazone groups is 1. The molecule has 0 bridgehead atoms. The number of phenols is 1. The van der Waals surface area contributed by atoms with Crippen LogP contribution >= 0.6 is 11.6 Å². The number of rotatable bonds is 9. The van der Waals surface area contributed by atoms with Crippen LogP contribution in [0.3, 0.4) is 0 Å². The molecule has 0 spiro atoms. The molecule has 4 N–H and O–H groups in total. The first kappa shape index (κ1) is 26.4. The van der Waals surface area contributed by atoms with Crippen molar-refractivity contribution in [1.82, 2.24) is 16.1 Å². The van der Waals surface area contributed by atoms with Crippen molar-refractivity contribution in [3.05, 3.63) is 63.8 Å². The summed E-state index contributed by atoms with van der Waals surface area (Å²) < 4.78 is 16.1. The van der Waals surface area contributed by atoms with Crippen LogP contribution in [0, 0.1) is 0 Å². The van der Waals surface area contributed by atoms with Crippen molar-refractivity contribution in [2.75, 3.05) is 20.3 Å². The van der Waals surface area contributed by atoms with Gasteiger partial charge in [0.05, 0.1) is 31.5 Å². The lowest BCUT2D eigenvalue weighted by molar-refractivity contribution is -0.139. The maximum absolute atomic E-state index is 12.5. The normalized spacial score (nSPS) is 15.2. The predicted molar refractivity (Wildman–Crippen MR) is 131 cm³/mol. The molecule has 36 heavy (non-hydrogen) atoms. The standard InChI is InChI=1S/C24H25ClN4O7/c1-4-35-23(32)21-13(2)27-24(33)28-22(21)14-5-8-18(19(10-14)34-3)36-12-20(31)29-26-11-15-9-16(25)6-7-17(15)30/h5-11,22,30H,4,12H2,1-3H3,(H,29,31)(H2,27,28,33)/b26-11-/t22-/m1/s1. The number of carbonyl (C=O) groups is 3. The van der Waals surface area contributed by atoms with E-state index < -0.39 is 23.9 Å². The highest BCUT2D eigenvalue weighted by Crippen LogP contribution is 2.34. The molecule has 0 saturated heterocycles. The van der Waals surface area contributed by atoms with Gasteiger partial charge in [-0.15, -0.1) is 0 Å². The molecule has 0 fully saturated rings. The van der Waals surface area contributed by atoms with Gasteiger partial charge in [-0.2, -0.15) is 5.10 Å². The first-order valence-electron chi connectivity index (χ1n) is 10.8. The molecule has 0 aromatic heterocycles. The summed E-state index contributed by atoms with van der Waals surface area (Å²) in [5, 5.41) is 19.2. The molecule has 11 nitrogen and oxygen atoms in total. The van der Waals surface area contributed by atoms with Gasteiger partial charge < -0.3 is 30.0 Å². The van der Waals surface area contributed by atoms with E-state index in [-0.39, 0.29) is 36.0 Å². The van der Waals surface area contributed by atoms with E-state index in [0.717, 1.165) is 0 Å². The second-order valence-corrected chi connectivity index (χ2v) is 7.92. The van der Waals surface area contributed by atoms with Crippen LogP contribution in [0.1, 0.15) is 31.0 Å². The summed E-state index contributed by atoms with van der Waals surface area (Å²) in [6.45, 7) is 3.10. The first-order valence-corrected chi connectivity index (χ1v) is 11.2. The highest BCUT2D eigenvalue weighted by molar-refractivity contribution is 6.30. The first-order chi connectivity index (χ1) is 17.2. The van der Waals surface area contributed by atoms with Gasteiger partial charge in [0, 0.05) is 16.3 Å². The fourth-order valence-corrected chi connectivity index (χ4v) is 3.56. The second kappa shape index (κ2) is 11.9. The van der Waals surface area contributed by atoms with E-state index in [0.29, 0.717) is 21.8 Å². The summed E-state index contributed by atoms with van der Waals surface area (Å²) in [6.07, 6.45) is 1.25. The van der Waals surface area contributed by atoms with Crippen molar-refractivity contribution >= 4 is 35.7 Å². The van der Waals surface area contributed by atoms with E-state index in [2.05, 4.69) is 21.2 Å². The Morgan fingerprint density at radius 2 is 2.00 bits per heavy atom. The minimum Gasteiger partial charge on any atom is -0.507 e. The summed E-state index contributed by atoms with van der Waals surface area (Å²) in [5.41, 5.74) is 3.80. The molecule has 0 aliphatic carbocycles. The third-order valence-electron chi connectivity index (χ3n) is 5.03. The smallest absolute Gasteiger partial charge is 0.338 e. The van der Waals surface area contributed by atoms with Crippen molar-refractivity contribution in [2.45, 2.75) is 19.9 Å². The lowest BCUT2D eigenvalue weighted by Gasteiger charge is -2.28. The number of benzene rings is 2. The Morgan fingerprint density at radius 3 is 2.72 bits per heavy atom. The van der Waals surface area contributed by atoms with E-state index in [1.54, 1.807) is 32.0 Å². The van der Waals surface area contributed by atoms with E-state index in [1.807, 2.05) is 0 Å². The van der Waals surface area contributed by atoms with E-state index in [4.69, 9.17) is 25.8 Å². The Bertz CT molecular complexity index is 1230. The number of nitrogens with one attached hydrogen (secondary N) is 3. The van der Waals surface area contributed by atoms with Crippen LogP contribution in [0.25, 0.3) is 0 Å². The molecular weight excluding hydrogens is 492 g/mol. The number of amides is 3. The van der Waals surface area contributed by atoms with Gasteiger partial charge in [0.25, 0.3) is 5.91 Å². The fourth-order valence-electron chi connectivity index (χ4n) is 3.38. The highest BCUT2D eigenvalue weighted by atomic mass is 35.5. The van der Waals surface area contributed by atoms with Gasteiger partial charge in [0.1, 0.15) is 5.75 Å². The number of nitrogens with zero attached hydrogens (tertiary/aromatic N) is 1. The zero-order valence-corrected chi connectivity index (χ0v) is 20.5. The topological polar surface area (TPSA) is 148 Å². The van der Waals surface area contributed by atoms with Crippen molar-refractivity contribution in [3.8, 4) is 17.2 Å². The van der Waals surface area contributed by atoms with Crippen LogP contribution < -0.4 is 25.5 Å². The summed E-state index contributed by atoms with van der Waals surface area (Å²) in [7, 11) is 1.42. The van der Waals surface area contributed by atoms with E-state index >= 15 is 0 Å². The monoisotopic (exact) mass is 516 g/mol. The van der Waals surface area contributed by atoms with Gasteiger partial charge in [0.2, 0.25) is 0 Å². The molecule has 190 valence electrons. The molecule has 3 rings (SSSR count). The van der Waals surface area contributed by atoms with Gasteiger partial charge >= 0.3 is 12.0 Å². The van der Waals surface area contributed by atoms with Crippen molar-refractivity contribution in [3.63, 3.8) is 0 Å². The molecule has 2 aromatic carbocycles. The lowest BCUT2D eigenvalue weighted by Crippen LogP contribution is -2.45. The van der Waals surface area contributed by atoms with Crippen LogP contribution in [0.4, 0.5) is 4.79 Å². The Kier molecular flexibility index (Phi) is 8.74. The van der Waals surface area contributed by atoms with E-state index in [1.165, 1.54) is 31.5 Å². The molecule has 0 unspecified atom stereocenters. The maximum Gasteiger partial charge on any atom is 0.338 e. The number of hydrogen-bond donors (Lipinski definition) is 4. The van der Waals surface area contributed by atoms with Gasteiger partial charge in [0.15, 0.2) is 18.1 Å². The number of allylic oxidation sites excluding steroid dienone is 1. The Morgan fingerprint density at radius 1 is 1.22 bits per heavy atom. The van der Waals surface area contributed by atoms with E-state index in [9.17, 15) is 19.5 Å². The Balaban J connectivity index is 1.70. The summed E-state index contributed by atoms with van der Waals surface area (Å²) in [6, 6.07) is 7.97. The molecule has 12 heteroatoms. The average Bonchev–Trinajstić information content (AvgIpc) is 2.84. The minimum atomic E-state index is -0.777. The van der Waals surface area contributed by atoms with Gasteiger partial charge in [-0.25, -0.2) is 15.0 Å². The lowest BCUT2D eigenvalue weighted by atomic mass is 9.95. The van der Waals surface area contributed by atoms with Crippen molar-refractivity contribution in [1.29, 1.82) is 0 Å². The van der Waals surface area contributed by atoms with Gasteiger partial charge in [-0.3, -0.25) is 4.79 Å². The van der Waals surface area contributed by atoms with Crippen LogP contribution in [0.15, 0.2) is 52.8 Å². The molecule has 1 aliphatic rings. The van der Waals surface area contributed by atoms with Gasteiger partial charge in [-0.05, 0) is 49.7 Å². The molecule has 2 aromatic rings. The van der Waals surface area contributed by atoms with Gasteiger partial charge in [-0.1, -0.05) is 17.7 Å². The average molecular weight is 517 g/mol. The zero-order valence-electron chi connectivity index (χ0n) is 19.8. The molecule has 0 saturated carbocycles. The number of hydrogen-bond acceptors (Lipinski definition) is 8. The zero-order chi connectivity index (χ0) is 26.2. The Hall–Kier alpha value is -4.25. The molecule has 1 atom stereocenters. The predicted octanol–water partition coefficient (Wildman–Crippen LogP) is 2.77.